The van der Waals surface area contributed by atoms with E-state index >= 15 is 0 Å². The third-order valence-electron chi connectivity index (χ3n) is 5.23. The largest absolute Gasteiger partial charge is 0.460 e. The van der Waals surface area contributed by atoms with E-state index in [9.17, 15) is 4.79 Å². The van der Waals surface area contributed by atoms with Gasteiger partial charge in [0, 0.05) is 37.2 Å². The Balaban J connectivity index is 1.19. The van der Waals surface area contributed by atoms with Crippen molar-refractivity contribution in [2.75, 3.05) is 19.7 Å². The number of carbonyl (C=O) groups excluding carboxylic acids is 1. The second kappa shape index (κ2) is 6.05. The molecule has 8 nitrogen and oxygen atoms in total. The van der Waals surface area contributed by atoms with Crippen molar-refractivity contribution >= 4 is 5.91 Å². The van der Waals surface area contributed by atoms with Crippen molar-refractivity contribution in [2.24, 2.45) is 0 Å². The SMILES string of the molecule is O=C(c1cc(C2CC2)on1)N1CC2(CC(Oc3ncccn3)CCO2)C1. The molecule has 2 aromatic rings. The molecule has 2 aliphatic heterocycles. The fourth-order valence-electron chi connectivity index (χ4n) is 3.70. The van der Waals surface area contributed by atoms with Crippen LogP contribution in [0.3, 0.4) is 0 Å². The van der Waals surface area contributed by atoms with E-state index in [2.05, 4.69) is 15.1 Å². The molecule has 0 bridgehead atoms. The lowest BCUT2D eigenvalue weighted by atomic mass is 9.84. The van der Waals surface area contributed by atoms with E-state index in [1.54, 1.807) is 29.4 Å². The van der Waals surface area contributed by atoms with Crippen LogP contribution in [-0.4, -0.2) is 57.3 Å². The number of amides is 1. The molecule has 1 aliphatic carbocycles. The van der Waals surface area contributed by atoms with Gasteiger partial charge in [0.15, 0.2) is 5.69 Å². The summed E-state index contributed by atoms with van der Waals surface area (Å²) in [7, 11) is 0. The molecule has 1 atom stereocenters. The molecule has 2 saturated heterocycles. The average Bonchev–Trinajstić information content (AvgIpc) is 3.37. The molecule has 8 heteroatoms. The topological polar surface area (TPSA) is 90.6 Å². The van der Waals surface area contributed by atoms with E-state index in [1.807, 2.05) is 0 Å². The van der Waals surface area contributed by atoms with Crippen LogP contribution in [-0.2, 0) is 4.74 Å². The summed E-state index contributed by atoms with van der Waals surface area (Å²) in [5.41, 5.74) is 0.0548. The number of aromatic nitrogens is 3. The summed E-state index contributed by atoms with van der Waals surface area (Å²) >= 11 is 0. The minimum atomic E-state index is -0.337. The monoisotopic (exact) mass is 356 g/mol. The highest BCUT2D eigenvalue weighted by Crippen LogP contribution is 2.41. The molecular weight excluding hydrogens is 336 g/mol. The first-order chi connectivity index (χ1) is 12.7. The zero-order valence-corrected chi connectivity index (χ0v) is 14.3. The van der Waals surface area contributed by atoms with Crippen LogP contribution in [0.1, 0.15) is 47.8 Å². The predicted octanol–water partition coefficient (Wildman–Crippen LogP) is 1.79. The van der Waals surface area contributed by atoms with Gasteiger partial charge in [0.2, 0.25) is 0 Å². The Bertz CT molecular complexity index is 799. The third-order valence-corrected chi connectivity index (χ3v) is 5.23. The lowest BCUT2D eigenvalue weighted by molar-refractivity contribution is -0.174. The Hall–Kier alpha value is -2.48. The van der Waals surface area contributed by atoms with Gasteiger partial charge in [-0.05, 0) is 18.9 Å². The van der Waals surface area contributed by atoms with E-state index in [1.165, 1.54) is 0 Å². The van der Waals surface area contributed by atoms with E-state index in [0.29, 0.717) is 37.3 Å². The number of likely N-dealkylation sites (tertiary alicyclic amines) is 1. The molecule has 136 valence electrons. The van der Waals surface area contributed by atoms with Crippen molar-refractivity contribution in [2.45, 2.75) is 43.3 Å². The lowest BCUT2D eigenvalue weighted by Gasteiger charge is -2.52. The zero-order chi connectivity index (χ0) is 17.6. The van der Waals surface area contributed by atoms with E-state index in [-0.39, 0.29) is 17.6 Å². The van der Waals surface area contributed by atoms with Crippen LogP contribution in [0.2, 0.25) is 0 Å². The minimum Gasteiger partial charge on any atom is -0.460 e. The highest BCUT2D eigenvalue weighted by molar-refractivity contribution is 5.93. The van der Waals surface area contributed by atoms with E-state index in [0.717, 1.165) is 31.4 Å². The molecule has 2 aromatic heterocycles. The van der Waals surface area contributed by atoms with Crippen molar-refractivity contribution in [1.82, 2.24) is 20.0 Å². The van der Waals surface area contributed by atoms with Crippen molar-refractivity contribution in [1.29, 1.82) is 0 Å². The number of hydrogen-bond acceptors (Lipinski definition) is 7. The summed E-state index contributed by atoms with van der Waals surface area (Å²) in [4.78, 5) is 22.6. The summed E-state index contributed by atoms with van der Waals surface area (Å²) in [6.45, 7) is 1.70. The normalized spacial score (nSPS) is 24.3. The van der Waals surface area contributed by atoms with Crippen LogP contribution in [0.25, 0.3) is 0 Å². The molecule has 26 heavy (non-hydrogen) atoms. The molecule has 1 unspecified atom stereocenters. The van der Waals surface area contributed by atoms with Crippen LogP contribution in [0.15, 0.2) is 29.0 Å². The highest BCUT2D eigenvalue weighted by Gasteiger charge is 2.50. The summed E-state index contributed by atoms with van der Waals surface area (Å²) in [5, 5.41) is 3.94. The number of nitrogens with zero attached hydrogens (tertiary/aromatic N) is 4. The summed E-state index contributed by atoms with van der Waals surface area (Å²) in [6, 6.07) is 3.93. The maximum atomic E-state index is 12.6. The first kappa shape index (κ1) is 15.7. The molecule has 1 spiro atoms. The first-order valence-corrected chi connectivity index (χ1v) is 9.04. The van der Waals surface area contributed by atoms with Gasteiger partial charge in [0.1, 0.15) is 17.5 Å². The lowest BCUT2D eigenvalue weighted by Crippen LogP contribution is -2.67. The second-order valence-electron chi connectivity index (χ2n) is 7.35. The molecular formula is C18H20N4O4. The summed E-state index contributed by atoms with van der Waals surface area (Å²) in [6.07, 6.45) is 7.08. The fourth-order valence-corrected chi connectivity index (χ4v) is 3.70. The van der Waals surface area contributed by atoms with Crippen LogP contribution < -0.4 is 4.74 Å². The van der Waals surface area contributed by atoms with E-state index in [4.69, 9.17) is 14.0 Å². The zero-order valence-electron chi connectivity index (χ0n) is 14.3. The molecule has 0 radical (unpaired) electrons. The van der Waals surface area contributed by atoms with Gasteiger partial charge >= 0.3 is 6.01 Å². The maximum absolute atomic E-state index is 12.6. The average molecular weight is 356 g/mol. The second-order valence-corrected chi connectivity index (χ2v) is 7.35. The fraction of sp³-hybridized carbons (Fsp3) is 0.556. The van der Waals surface area contributed by atoms with Gasteiger partial charge in [0.05, 0.1) is 19.7 Å². The van der Waals surface area contributed by atoms with Crippen LogP contribution >= 0.6 is 0 Å². The van der Waals surface area contributed by atoms with Crippen LogP contribution in [0.5, 0.6) is 6.01 Å². The first-order valence-electron chi connectivity index (χ1n) is 9.04. The van der Waals surface area contributed by atoms with Gasteiger partial charge in [-0.2, -0.15) is 0 Å². The summed E-state index contributed by atoms with van der Waals surface area (Å²) < 4.78 is 17.1. The van der Waals surface area contributed by atoms with Gasteiger partial charge in [-0.1, -0.05) is 5.16 Å². The molecule has 3 fully saturated rings. The molecule has 4 heterocycles. The maximum Gasteiger partial charge on any atom is 0.316 e. The van der Waals surface area contributed by atoms with Crippen molar-refractivity contribution in [3.8, 4) is 6.01 Å². The van der Waals surface area contributed by atoms with Crippen LogP contribution in [0, 0.1) is 0 Å². The minimum absolute atomic E-state index is 0.00285. The quantitative estimate of drug-likeness (QED) is 0.825. The smallest absolute Gasteiger partial charge is 0.316 e. The van der Waals surface area contributed by atoms with E-state index < -0.39 is 0 Å². The Morgan fingerprint density at radius 3 is 2.81 bits per heavy atom. The van der Waals surface area contributed by atoms with Crippen molar-refractivity contribution in [3.05, 3.63) is 36.0 Å². The van der Waals surface area contributed by atoms with Gasteiger partial charge in [-0.25, -0.2) is 9.97 Å². The number of carbonyl (C=O) groups is 1. The van der Waals surface area contributed by atoms with Gasteiger partial charge in [-0.15, -0.1) is 0 Å². The number of ether oxygens (including phenoxy) is 2. The Kier molecular flexibility index (Phi) is 3.66. The van der Waals surface area contributed by atoms with Crippen molar-refractivity contribution in [3.63, 3.8) is 0 Å². The number of hydrogen-bond donors (Lipinski definition) is 0. The molecule has 1 saturated carbocycles. The molecule has 1 amide bonds. The molecule has 5 rings (SSSR count). The molecule has 0 N–H and O–H groups in total. The summed E-state index contributed by atoms with van der Waals surface area (Å²) in [5.74, 6) is 1.18. The Labute approximate surface area is 150 Å². The van der Waals surface area contributed by atoms with Gasteiger partial charge in [-0.3, -0.25) is 4.79 Å². The predicted molar refractivity (Wildman–Crippen MR) is 88.7 cm³/mol. The Morgan fingerprint density at radius 1 is 1.23 bits per heavy atom. The van der Waals surface area contributed by atoms with Crippen molar-refractivity contribution < 1.29 is 18.8 Å². The number of rotatable bonds is 4. The standard InChI is InChI=1S/C18H20N4O4/c23-16(14-8-15(26-21-14)12-2-3-12)22-10-18(11-22)9-13(4-7-24-18)25-17-19-5-1-6-20-17/h1,5-6,8,12-13H,2-4,7,9-11H2. The van der Waals surface area contributed by atoms with Gasteiger partial charge in [0.25, 0.3) is 5.91 Å². The molecule has 0 aromatic carbocycles. The van der Waals surface area contributed by atoms with Gasteiger partial charge < -0.3 is 18.9 Å². The Morgan fingerprint density at radius 2 is 2.04 bits per heavy atom. The highest BCUT2D eigenvalue weighted by atomic mass is 16.5. The molecule has 3 aliphatic rings. The third kappa shape index (κ3) is 2.94. The van der Waals surface area contributed by atoms with Crippen LogP contribution in [0.4, 0.5) is 0 Å².